The minimum Gasteiger partial charge on any atom is -0.456 e. The lowest BCUT2D eigenvalue weighted by atomic mass is 9.88. The van der Waals surface area contributed by atoms with Crippen molar-refractivity contribution in [3.8, 4) is 28.3 Å². The van der Waals surface area contributed by atoms with Crippen molar-refractivity contribution in [1.29, 1.82) is 5.26 Å². The van der Waals surface area contributed by atoms with Crippen LogP contribution in [0.5, 0.6) is 0 Å². The van der Waals surface area contributed by atoms with Gasteiger partial charge in [-0.05, 0) is 126 Å². The first-order valence-corrected chi connectivity index (χ1v) is 19.1. The fraction of sp³-hybridized carbons (Fsp3) is 0.118. The fourth-order valence-corrected chi connectivity index (χ4v) is 8.76. The molecule has 4 heteroatoms. The topological polar surface area (TPSA) is 45.1 Å². The molecule has 2 aliphatic carbocycles. The maximum atomic E-state index is 9.51. The number of hydrogen-bond acceptors (Lipinski definition) is 3. The molecule has 0 aliphatic heterocycles. The van der Waals surface area contributed by atoms with Crippen LogP contribution < -0.4 is 4.90 Å². The van der Waals surface area contributed by atoms with Crippen LogP contribution in [-0.2, 0) is 5.54 Å². The smallest absolute Gasteiger partial charge is 0.135 e. The van der Waals surface area contributed by atoms with E-state index in [9.17, 15) is 5.26 Å². The van der Waals surface area contributed by atoms with Gasteiger partial charge in [-0.1, -0.05) is 104 Å². The van der Waals surface area contributed by atoms with E-state index in [1.54, 1.807) is 0 Å². The summed E-state index contributed by atoms with van der Waals surface area (Å²) in [6.07, 6.45) is 12.7. The zero-order chi connectivity index (χ0) is 37.1. The van der Waals surface area contributed by atoms with Crippen LogP contribution in [0.2, 0.25) is 0 Å². The number of nitrogens with zero attached hydrogens (tertiary/aromatic N) is 3. The Kier molecular flexibility index (Phi) is 7.71. The van der Waals surface area contributed by atoms with Gasteiger partial charge < -0.3 is 13.9 Å². The highest BCUT2D eigenvalue weighted by Crippen LogP contribution is 2.45. The van der Waals surface area contributed by atoms with Crippen molar-refractivity contribution in [1.82, 2.24) is 4.57 Å². The standard InChI is InChI=1S/C51H39N3O/c1-34-9-8-13-47-50(34)45-31-39(19-25-46(45)54(47)51(2)29-27-35(33-52)28-30-51)38-17-22-41(23-18-38)53(40-20-15-37(16-21-40)36-10-4-3-5-11-36)42-24-26-49-44(32-42)43-12-6-7-14-48(43)55-49/h3-8,10-29,31-32,34H,9,30H2,1-2H3. The predicted molar refractivity (Wildman–Crippen MR) is 228 cm³/mol. The molecule has 0 saturated heterocycles. The molecule has 0 amide bonds. The second-order valence-electron chi connectivity index (χ2n) is 15.1. The monoisotopic (exact) mass is 709 g/mol. The molecule has 264 valence electrons. The lowest BCUT2D eigenvalue weighted by Crippen LogP contribution is -2.30. The number of allylic oxidation sites excluding steroid dienone is 5. The minimum atomic E-state index is -0.259. The molecule has 8 aromatic rings. The molecule has 10 rings (SSSR count). The van der Waals surface area contributed by atoms with Crippen LogP contribution >= 0.6 is 0 Å². The number of furan rings is 1. The van der Waals surface area contributed by atoms with Crippen molar-refractivity contribution in [2.75, 3.05) is 4.90 Å². The van der Waals surface area contributed by atoms with Crippen molar-refractivity contribution in [2.24, 2.45) is 0 Å². The largest absolute Gasteiger partial charge is 0.456 e. The van der Waals surface area contributed by atoms with Crippen molar-refractivity contribution < 1.29 is 4.42 Å². The summed E-state index contributed by atoms with van der Waals surface area (Å²) in [6, 6.07) is 52.3. The highest BCUT2D eigenvalue weighted by molar-refractivity contribution is 6.06. The molecule has 0 radical (unpaired) electrons. The zero-order valence-corrected chi connectivity index (χ0v) is 30.9. The lowest BCUT2D eigenvalue weighted by Gasteiger charge is -2.33. The van der Waals surface area contributed by atoms with E-state index in [0.717, 1.165) is 57.4 Å². The average Bonchev–Trinajstić information content (AvgIpc) is 3.78. The third-order valence-electron chi connectivity index (χ3n) is 11.6. The molecule has 2 heterocycles. The first-order chi connectivity index (χ1) is 27.0. The number of nitriles is 1. The minimum absolute atomic E-state index is 0.259. The van der Waals surface area contributed by atoms with Crippen molar-refractivity contribution in [3.05, 3.63) is 181 Å². The second-order valence-corrected chi connectivity index (χ2v) is 15.1. The molecule has 2 aromatic heterocycles. The average molecular weight is 710 g/mol. The summed E-state index contributed by atoms with van der Waals surface area (Å²) in [4.78, 5) is 2.33. The van der Waals surface area contributed by atoms with Crippen LogP contribution in [0.25, 0.3) is 61.2 Å². The Morgan fingerprint density at radius 1 is 0.673 bits per heavy atom. The van der Waals surface area contributed by atoms with Gasteiger partial charge in [0.15, 0.2) is 0 Å². The molecule has 0 spiro atoms. The number of aromatic nitrogens is 1. The van der Waals surface area contributed by atoms with Gasteiger partial charge in [-0.3, -0.25) is 0 Å². The first kappa shape index (κ1) is 32.8. The number of anilines is 3. The molecule has 0 N–H and O–H groups in total. The molecule has 55 heavy (non-hydrogen) atoms. The van der Waals surface area contributed by atoms with E-state index in [1.807, 2.05) is 18.2 Å². The number of para-hydroxylation sites is 1. The molecule has 0 saturated carbocycles. The van der Waals surface area contributed by atoms with E-state index in [-0.39, 0.29) is 5.54 Å². The van der Waals surface area contributed by atoms with E-state index in [4.69, 9.17) is 4.42 Å². The predicted octanol–water partition coefficient (Wildman–Crippen LogP) is 14.0. The van der Waals surface area contributed by atoms with Gasteiger partial charge in [0.05, 0.1) is 11.6 Å². The van der Waals surface area contributed by atoms with Crippen LogP contribution in [0.3, 0.4) is 0 Å². The summed E-state index contributed by atoms with van der Waals surface area (Å²) in [5, 5.41) is 13.0. The Balaban J connectivity index is 1.06. The quantitative estimate of drug-likeness (QED) is 0.173. The Morgan fingerprint density at radius 2 is 1.33 bits per heavy atom. The van der Waals surface area contributed by atoms with E-state index in [2.05, 4.69) is 181 Å². The molecule has 6 aromatic carbocycles. The first-order valence-electron chi connectivity index (χ1n) is 19.1. The van der Waals surface area contributed by atoms with Crippen molar-refractivity contribution in [3.63, 3.8) is 0 Å². The number of rotatable bonds is 6. The Morgan fingerprint density at radius 3 is 2.05 bits per heavy atom. The van der Waals surface area contributed by atoms with E-state index in [0.29, 0.717) is 5.92 Å². The van der Waals surface area contributed by atoms with Crippen molar-refractivity contribution in [2.45, 2.75) is 38.1 Å². The maximum absolute atomic E-state index is 9.51. The molecular weight excluding hydrogens is 671 g/mol. The molecule has 2 unspecified atom stereocenters. The number of benzene rings is 6. The molecule has 2 atom stereocenters. The lowest BCUT2D eigenvalue weighted by molar-refractivity contribution is 0.420. The van der Waals surface area contributed by atoms with E-state index in [1.165, 1.54) is 44.4 Å². The highest BCUT2D eigenvalue weighted by Gasteiger charge is 2.32. The third-order valence-corrected chi connectivity index (χ3v) is 11.6. The van der Waals surface area contributed by atoms with Crippen molar-refractivity contribution >= 4 is 56.0 Å². The summed E-state index contributed by atoms with van der Waals surface area (Å²) < 4.78 is 8.71. The summed E-state index contributed by atoms with van der Waals surface area (Å²) in [6.45, 7) is 4.62. The fourth-order valence-electron chi connectivity index (χ4n) is 8.76. The van der Waals surface area contributed by atoms with Gasteiger partial charge in [-0.25, -0.2) is 0 Å². The molecule has 2 aliphatic rings. The molecule has 0 fully saturated rings. The SMILES string of the molecule is CC1CC=Cc2c1c1cc(-c3ccc(N(c4ccc(-c5ccccc5)cc4)c4ccc5oc6ccccc6c5c4)cc3)ccc1n2C1(C)C=CC(C#N)=CC1. The Labute approximate surface area is 321 Å². The second kappa shape index (κ2) is 12.9. The summed E-state index contributed by atoms with van der Waals surface area (Å²) in [5.41, 5.74) is 14.1. The van der Waals surface area contributed by atoms with Gasteiger partial charge in [0, 0.05) is 50.0 Å². The normalized spacial score (nSPS) is 17.7. The highest BCUT2D eigenvalue weighted by atomic mass is 16.3. The van der Waals surface area contributed by atoms with Crippen LogP contribution in [0, 0.1) is 11.3 Å². The van der Waals surface area contributed by atoms with Crippen LogP contribution in [0.1, 0.15) is 43.9 Å². The maximum Gasteiger partial charge on any atom is 0.135 e. The van der Waals surface area contributed by atoms with Crippen LogP contribution in [-0.4, -0.2) is 4.57 Å². The zero-order valence-electron chi connectivity index (χ0n) is 30.9. The van der Waals surface area contributed by atoms with Gasteiger partial charge in [0.2, 0.25) is 0 Å². The molecule has 4 nitrogen and oxygen atoms in total. The summed E-state index contributed by atoms with van der Waals surface area (Å²) in [7, 11) is 0. The van der Waals surface area contributed by atoms with Gasteiger partial charge >= 0.3 is 0 Å². The molecule has 0 bridgehead atoms. The third kappa shape index (κ3) is 5.51. The van der Waals surface area contributed by atoms with E-state index < -0.39 is 0 Å². The van der Waals surface area contributed by atoms with Gasteiger partial charge in [0.25, 0.3) is 0 Å². The summed E-state index contributed by atoms with van der Waals surface area (Å²) in [5.74, 6) is 0.411. The van der Waals surface area contributed by atoms with Crippen LogP contribution in [0.15, 0.2) is 174 Å². The number of fused-ring (bicyclic) bond motifs is 6. The van der Waals surface area contributed by atoms with Gasteiger partial charge in [-0.2, -0.15) is 5.26 Å². The van der Waals surface area contributed by atoms with E-state index >= 15 is 0 Å². The Bertz CT molecular complexity index is 2900. The van der Waals surface area contributed by atoms with Gasteiger partial charge in [0.1, 0.15) is 11.2 Å². The Hall–Kier alpha value is -6.83. The van der Waals surface area contributed by atoms with Crippen LogP contribution in [0.4, 0.5) is 17.1 Å². The summed E-state index contributed by atoms with van der Waals surface area (Å²) >= 11 is 0. The molecular formula is C51H39N3O. The van der Waals surface area contributed by atoms with Gasteiger partial charge in [-0.15, -0.1) is 0 Å². The number of hydrogen-bond donors (Lipinski definition) is 0.